The molecule has 1 aromatic heterocycles. The first-order valence-corrected chi connectivity index (χ1v) is 14.6. The quantitative estimate of drug-likeness (QED) is 0.130. The summed E-state index contributed by atoms with van der Waals surface area (Å²) in [5, 5.41) is 0.696. The van der Waals surface area contributed by atoms with Crippen LogP contribution in [0.1, 0.15) is 33.9 Å². The van der Waals surface area contributed by atoms with Crippen LogP contribution in [0.3, 0.4) is 0 Å². The van der Waals surface area contributed by atoms with E-state index in [2.05, 4.69) is 4.72 Å². The fourth-order valence-electron chi connectivity index (χ4n) is 4.48. The van der Waals surface area contributed by atoms with Gasteiger partial charge < -0.3 is 9.15 Å². The van der Waals surface area contributed by atoms with Crippen molar-refractivity contribution in [2.24, 2.45) is 0 Å². The summed E-state index contributed by atoms with van der Waals surface area (Å²) >= 11 is 6.53. The molecule has 9 heteroatoms. The topological polar surface area (TPSA) is 103 Å². The minimum absolute atomic E-state index is 0.00382. The Bertz CT molecular complexity index is 1890. The molecular weight excluding hydrogens is 562 g/mol. The molecule has 0 saturated carbocycles. The number of carbonyl (C=O) groups is 1. The highest BCUT2D eigenvalue weighted by Crippen LogP contribution is 2.33. The Balaban J connectivity index is 1.47. The minimum Gasteiger partial charge on any atom is -0.423 e. The number of esters is 1. The molecular formula is C32H26ClNO6S. The summed E-state index contributed by atoms with van der Waals surface area (Å²) in [6.07, 6.45) is 0.388. The summed E-state index contributed by atoms with van der Waals surface area (Å²) in [5.74, 6) is -0.981. The zero-order chi connectivity index (χ0) is 29.1. The molecule has 0 aliphatic carbocycles. The number of hydrogen-bond acceptors (Lipinski definition) is 6. The monoisotopic (exact) mass is 587 g/mol. The van der Waals surface area contributed by atoms with Crippen LogP contribution in [-0.2, 0) is 21.2 Å². The second-order valence-electron chi connectivity index (χ2n) is 9.63. The van der Waals surface area contributed by atoms with Gasteiger partial charge in [0.05, 0.1) is 9.92 Å². The number of benzene rings is 4. The first-order chi connectivity index (χ1) is 19.6. The highest BCUT2D eigenvalue weighted by molar-refractivity contribution is 7.89. The number of fused-ring (bicyclic) bond motifs is 1. The number of sulfonamides is 1. The third-order valence-corrected chi connectivity index (χ3v) is 8.48. The molecule has 208 valence electrons. The summed E-state index contributed by atoms with van der Waals surface area (Å²) in [5.41, 5.74) is 3.10. The molecule has 1 N–H and O–H groups in total. The van der Waals surface area contributed by atoms with E-state index in [1.54, 1.807) is 48.5 Å². The van der Waals surface area contributed by atoms with Crippen molar-refractivity contribution in [3.05, 3.63) is 140 Å². The summed E-state index contributed by atoms with van der Waals surface area (Å²) in [7, 11) is -4.09. The molecule has 4 aromatic carbocycles. The third-order valence-electron chi connectivity index (χ3n) is 6.75. The normalized spacial score (nSPS) is 12.3. The van der Waals surface area contributed by atoms with Crippen molar-refractivity contribution in [2.75, 3.05) is 0 Å². The lowest BCUT2D eigenvalue weighted by Crippen LogP contribution is -2.36. The molecule has 0 aliphatic heterocycles. The van der Waals surface area contributed by atoms with Crippen LogP contribution in [0.4, 0.5) is 0 Å². The first-order valence-electron chi connectivity index (χ1n) is 12.8. The van der Waals surface area contributed by atoms with E-state index in [4.69, 9.17) is 20.8 Å². The number of rotatable bonds is 8. The van der Waals surface area contributed by atoms with Crippen LogP contribution in [-0.4, -0.2) is 14.4 Å². The molecule has 41 heavy (non-hydrogen) atoms. The largest absolute Gasteiger partial charge is 0.423 e. The number of nitrogens with one attached hydrogen (secondary N) is 1. The third kappa shape index (κ3) is 6.25. The van der Waals surface area contributed by atoms with E-state index in [1.165, 1.54) is 18.2 Å². The average molecular weight is 588 g/mol. The van der Waals surface area contributed by atoms with Gasteiger partial charge in [-0.3, -0.25) is 0 Å². The number of ether oxygens (including phenoxy) is 1. The molecule has 1 atom stereocenters. The van der Waals surface area contributed by atoms with Crippen LogP contribution in [0.2, 0.25) is 5.02 Å². The summed E-state index contributed by atoms with van der Waals surface area (Å²) < 4.78 is 40.0. The molecule has 0 fully saturated rings. The second-order valence-corrected chi connectivity index (χ2v) is 11.8. The lowest BCUT2D eigenvalue weighted by molar-refractivity contribution is -0.136. The molecule has 0 saturated heterocycles. The van der Waals surface area contributed by atoms with Crippen molar-refractivity contribution >= 4 is 38.6 Å². The van der Waals surface area contributed by atoms with Gasteiger partial charge in [0, 0.05) is 23.4 Å². The Kier molecular flexibility index (Phi) is 8.08. The molecule has 0 aliphatic rings. The van der Waals surface area contributed by atoms with Gasteiger partial charge in [-0.25, -0.2) is 18.0 Å². The Labute approximate surface area is 242 Å². The molecule has 0 amide bonds. The first kappa shape index (κ1) is 28.3. The maximum atomic E-state index is 13.5. The maximum absolute atomic E-state index is 13.5. The zero-order valence-electron chi connectivity index (χ0n) is 22.3. The predicted molar refractivity (Wildman–Crippen MR) is 158 cm³/mol. The van der Waals surface area contributed by atoms with Crippen molar-refractivity contribution in [3.8, 4) is 5.75 Å². The molecule has 0 radical (unpaired) electrons. The number of carbonyl (C=O) groups excluding carboxylic acids is 1. The van der Waals surface area contributed by atoms with Crippen LogP contribution in [0.25, 0.3) is 11.0 Å². The second kappa shape index (κ2) is 11.7. The number of hydrogen-bond donors (Lipinski definition) is 1. The minimum atomic E-state index is -4.09. The summed E-state index contributed by atoms with van der Waals surface area (Å²) in [4.78, 5) is 26.4. The Morgan fingerprint density at radius 2 is 1.56 bits per heavy atom. The summed E-state index contributed by atoms with van der Waals surface area (Å²) in [6, 6.07) is 25.7. The van der Waals surface area contributed by atoms with Gasteiger partial charge in [-0.15, -0.1) is 0 Å². The molecule has 7 nitrogen and oxygen atoms in total. The molecule has 0 spiro atoms. The van der Waals surface area contributed by atoms with Gasteiger partial charge >= 0.3 is 11.6 Å². The van der Waals surface area contributed by atoms with E-state index >= 15 is 0 Å². The Morgan fingerprint density at radius 3 is 2.22 bits per heavy atom. The summed E-state index contributed by atoms with van der Waals surface area (Å²) in [6.45, 7) is 3.65. The predicted octanol–water partition coefficient (Wildman–Crippen LogP) is 6.28. The van der Waals surface area contributed by atoms with E-state index < -0.39 is 27.7 Å². The van der Waals surface area contributed by atoms with Crippen molar-refractivity contribution in [1.82, 2.24) is 4.72 Å². The van der Waals surface area contributed by atoms with Gasteiger partial charge in [0.15, 0.2) is 5.75 Å². The van der Waals surface area contributed by atoms with Crippen LogP contribution in [0.5, 0.6) is 5.75 Å². The fraction of sp³-hybridized carbons (Fsp3) is 0.125. The van der Waals surface area contributed by atoms with Crippen LogP contribution in [0.15, 0.2) is 111 Å². The van der Waals surface area contributed by atoms with Crippen molar-refractivity contribution in [2.45, 2.75) is 31.2 Å². The van der Waals surface area contributed by atoms with E-state index in [1.807, 2.05) is 44.2 Å². The lowest BCUT2D eigenvalue weighted by Gasteiger charge is -2.19. The number of aryl methyl sites for hydroxylation is 2. The van der Waals surface area contributed by atoms with Gasteiger partial charge in [0.2, 0.25) is 10.0 Å². The Morgan fingerprint density at radius 1 is 0.927 bits per heavy atom. The molecule has 0 unspecified atom stereocenters. The van der Waals surface area contributed by atoms with E-state index in [9.17, 15) is 18.0 Å². The van der Waals surface area contributed by atoms with Gasteiger partial charge in [0.25, 0.3) is 0 Å². The fourth-order valence-corrected chi connectivity index (χ4v) is 5.85. The van der Waals surface area contributed by atoms with Gasteiger partial charge in [-0.1, -0.05) is 90.0 Å². The van der Waals surface area contributed by atoms with Gasteiger partial charge in [0.1, 0.15) is 11.6 Å². The highest BCUT2D eigenvalue weighted by Gasteiger charge is 2.30. The van der Waals surface area contributed by atoms with E-state index in [-0.39, 0.29) is 21.3 Å². The van der Waals surface area contributed by atoms with Gasteiger partial charge in [-0.2, -0.15) is 4.72 Å². The maximum Gasteiger partial charge on any atom is 0.340 e. The lowest BCUT2D eigenvalue weighted by atomic mass is 9.99. The van der Waals surface area contributed by atoms with E-state index in [0.717, 1.165) is 11.1 Å². The Hall–Kier alpha value is -4.24. The molecule has 1 heterocycles. The smallest absolute Gasteiger partial charge is 0.340 e. The van der Waals surface area contributed by atoms with Crippen molar-refractivity contribution in [1.29, 1.82) is 0 Å². The average Bonchev–Trinajstić information content (AvgIpc) is 2.96. The van der Waals surface area contributed by atoms with Crippen LogP contribution in [0, 0.1) is 13.8 Å². The SMILES string of the molecule is Cc1ccc(S(=O)(=O)N[C@H](C(=O)Oc2cc3oc(=O)c(Cc4ccccc4)c(C)c3cc2Cl)c2ccccc2)cc1. The number of halogens is 1. The standard InChI is InChI=1S/C32H26ClNO6S/c1-20-13-15-24(16-14-20)41(37,38)34-30(23-11-7-4-8-12-23)32(36)40-29-19-28-25(18-27(29)33)21(2)26(31(35)39-28)17-22-9-5-3-6-10-22/h3-16,18-19,30,34H,17H2,1-2H3/t30-/m0/s1. The molecule has 0 bridgehead atoms. The highest BCUT2D eigenvalue weighted by atomic mass is 35.5. The molecule has 5 aromatic rings. The van der Waals surface area contributed by atoms with Crippen molar-refractivity contribution < 1.29 is 22.4 Å². The van der Waals surface area contributed by atoms with Crippen LogP contribution >= 0.6 is 11.6 Å². The molecule has 5 rings (SSSR count). The zero-order valence-corrected chi connectivity index (χ0v) is 23.8. The van der Waals surface area contributed by atoms with Crippen molar-refractivity contribution in [3.63, 3.8) is 0 Å². The van der Waals surface area contributed by atoms with Gasteiger partial charge in [-0.05, 0) is 48.7 Å². The van der Waals surface area contributed by atoms with E-state index in [0.29, 0.717) is 28.5 Å². The van der Waals surface area contributed by atoms with Crippen LogP contribution < -0.4 is 15.1 Å².